The molecular formula is C37H32Cl2N4O6S2. The Morgan fingerprint density at radius 3 is 2.25 bits per heavy atom. The van der Waals surface area contributed by atoms with Crippen LogP contribution < -0.4 is 30.2 Å². The Morgan fingerprint density at radius 2 is 1.59 bits per heavy atom. The smallest absolute Gasteiger partial charge is 0.272 e. The van der Waals surface area contributed by atoms with Crippen LogP contribution in [0.3, 0.4) is 0 Å². The zero-order valence-electron chi connectivity index (χ0n) is 27.8. The Labute approximate surface area is 313 Å². The van der Waals surface area contributed by atoms with Gasteiger partial charge in [-0.05, 0) is 79.2 Å². The molecule has 0 saturated heterocycles. The molecule has 0 aliphatic carbocycles. The van der Waals surface area contributed by atoms with E-state index in [4.69, 9.17) is 37.4 Å². The summed E-state index contributed by atoms with van der Waals surface area (Å²) in [7, 11) is 4.46. The highest BCUT2D eigenvalue weighted by molar-refractivity contribution is 8.00. The maximum absolute atomic E-state index is 13.7. The Balaban J connectivity index is 1.31. The highest BCUT2D eigenvalue weighted by Gasteiger charge is 2.20. The van der Waals surface area contributed by atoms with Gasteiger partial charge in [0.2, 0.25) is 11.7 Å². The van der Waals surface area contributed by atoms with Crippen LogP contribution in [-0.2, 0) is 9.59 Å². The van der Waals surface area contributed by atoms with Crippen LogP contribution in [0.1, 0.15) is 22.8 Å². The molecule has 0 spiro atoms. The molecule has 1 aromatic heterocycles. The number of thioether (sulfide) groups is 1. The van der Waals surface area contributed by atoms with E-state index in [0.717, 1.165) is 4.90 Å². The van der Waals surface area contributed by atoms with Crippen LogP contribution in [0, 0.1) is 0 Å². The van der Waals surface area contributed by atoms with Crippen LogP contribution in [0.15, 0.2) is 101 Å². The van der Waals surface area contributed by atoms with Crippen LogP contribution in [0.25, 0.3) is 17.3 Å². The van der Waals surface area contributed by atoms with E-state index in [1.807, 2.05) is 6.07 Å². The van der Waals surface area contributed by atoms with Crippen LogP contribution in [0.5, 0.6) is 17.2 Å². The van der Waals surface area contributed by atoms with Gasteiger partial charge < -0.3 is 30.2 Å². The molecule has 14 heteroatoms. The fourth-order valence-electron chi connectivity index (χ4n) is 4.76. The van der Waals surface area contributed by atoms with Crippen LogP contribution >= 0.6 is 46.3 Å². The molecule has 0 radical (unpaired) electrons. The minimum absolute atomic E-state index is 0.0355. The molecule has 5 aromatic rings. The molecule has 1 atom stereocenters. The maximum atomic E-state index is 13.7. The fraction of sp³-hybridized carbons (Fsp3) is 0.135. The summed E-state index contributed by atoms with van der Waals surface area (Å²) in [5.41, 5.74) is 2.63. The summed E-state index contributed by atoms with van der Waals surface area (Å²) in [5, 5.41) is 11.1. The van der Waals surface area contributed by atoms with Crippen molar-refractivity contribution in [2.24, 2.45) is 0 Å². The number of benzene rings is 4. The molecular weight excluding hydrogens is 731 g/mol. The van der Waals surface area contributed by atoms with E-state index in [-0.39, 0.29) is 11.6 Å². The van der Waals surface area contributed by atoms with Crippen molar-refractivity contribution in [3.8, 4) is 28.5 Å². The number of thiazole rings is 1. The molecule has 1 heterocycles. The summed E-state index contributed by atoms with van der Waals surface area (Å²) < 4.78 is 16.3. The zero-order valence-corrected chi connectivity index (χ0v) is 30.9. The molecule has 262 valence electrons. The SMILES string of the molecule is COc1cc(/C=C(/NC(=O)c2ccccc2)C(=O)Nc2cccc(SC(C)C(=O)Nc3nc(-c4ccc(Cl)cc4Cl)cs3)c2)cc(OC)c1OC. The van der Waals surface area contributed by atoms with Gasteiger partial charge in [-0.15, -0.1) is 23.1 Å². The first-order valence-corrected chi connectivity index (χ1v) is 17.8. The monoisotopic (exact) mass is 762 g/mol. The average Bonchev–Trinajstić information content (AvgIpc) is 3.59. The predicted octanol–water partition coefficient (Wildman–Crippen LogP) is 8.67. The number of ether oxygens (including phenoxy) is 3. The fourth-order valence-corrected chi connectivity index (χ4v) is 6.90. The zero-order chi connectivity index (χ0) is 36.5. The number of hydrogen-bond donors (Lipinski definition) is 3. The van der Waals surface area contributed by atoms with E-state index in [2.05, 4.69) is 20.9 Å². The van der Waals surface area contributed by atoms with Gasteiger partial charge in [0.1, 0.15) is 5.70 Å². The number of nitrogens with zero attached hydrogens (tertiary/aromatic N) is 1. The number of hydrogen-bond acceptors (Lipinski definition) is 9. The molecule has 0 bridgehead atoms. The number of halogens is 2. The largest absolute Gasteiger partial charge is 0.493 e. The molecule has 51 heavy (non-hydrogen) atoms. The molecule has 3 amide bonds. The van der Waals surface area contributed by atoms with Crippen LogP contribution in [0.2, 0.25) is 10.0 Å². The van der Waals surface area contributed by atoms with E-state index in [0.29, 0.717) is 60.5 Å². The molecule has 5 rings (SSSR count). The highest BCUT2D eigenvalue weighted by atomic mass is 35.5. The summed E-state index contributed by atoms with van der Waals surface area (Å²) in [4.78, 5) is 45.2. The standard InChI is InChI=1S/C37H32Cl2N4O6S2/c1-21(34(44)43-37-42-30(20-50-37)27-14-13-24(38)18-28(27)39)51-26-12-8-11-25(19-26)40-36(46)29(41-35(45)23-9-6-5-7-10-23)15-22-16-31(47-2)33(49-4)32(17-22)48-3/h5-21H,1-4H3,(H,40,46)(H,41,45)(H,42,43,44)/b29-15+. The number of rotatable bonds is 13. The molecule has 1 unspecified atom stereocenters. The van der Waals surface area contributed by atoms with Gasteiger partial charge in [0.05, 0.1) is 37.3 Å². The summed E-state index contributed by atoms with van der Waals surface area (Å²) in [6.45, 7) is 1.77. The first-order chi connectivity index (χ1) is 24.6. The molecule has 0 aliphatic rings. The predicted molar refractivity (Wildman–Crippen MR) is 205 cm³/mol. The highest BCUT2D eigenvalue weighted by Crippen LogP contribution is 2.39. The molecule has 3 N–H and O–H groups in total. The minimum Gasteiger partial charge on any atom is -0.493 e. The number of anilines is 2. The third-order valence-electron chi connectivity index (χ3n) is 7.24. The topological polar surface area (TPSA) is 128 Å². The summed E-state index contributed by atoms with van der Waals surface area (Å²) in [6.07, 6.45) is 1.51. The third-order valence-corrected chi connectivity index (χ3v) is 9.64. The lowest BCUT2D eigenvalue weighted by molar-refractivity contribution is -0.115. The molecule has 0 fully saturated rings. The van der Waals surface area contributed by atoms with Crippen LogP contribution in [0.4, 0.5) is 10.8 Å². The van der Waals surface area contributed by atoms with E-state index < -0.39 is 17.1 Å². The Morgan fingerprint density at radius 1 is 0.863 bits per heavy atom. The van der Waals surface area contributed by atoms with Gasteiger partial charge in [-0.1, -0.05) is 47.5 Å². The number of nitrogens with one attached hydrogen (secondary N) is 3. The Kier molecular flexibility index (Phi) is 12.6. The van der Waals surface area contributed by atoms with Gasteiger partial charge in [0.15, 0.2) is 16.6 Å². The van der Waals surface area contributed by atoms with Crippen molar-refractivity contribution in [2.75, 3.05) is 32.0 Å². The van der Waals surface area contributed by atoms with Crippen molar-refractivity contribution in [3.05, 3.63) is 117 Å². The first-order valence-electron chi connectivity index (χ1n) is 15.3. The number of carbonyl (C=O) groups is 3. The van der Waals surface area contributed by atoms with E-state index in [1.165, 1.54) is 50.5 Å². The number of aromatic nitrogens is 1. The van der Waals surface area contributed by atoms with Gasteiger partial charge in [-0.3, -0.25) is 14.4 Å². The molecule has 10 nitrogen and oxygen atoms in total. The van der Waals surface area contributed by atoms with Gasteiger partial charge in [0, 0.05) is 32.1 Å². The van der Waals surface area contributed by atoms with Crippen molar-refractivity contribution < 1.29 is 28.6 Å². The maximum Gasteiger partial charge on any atom is 0.272 e. The second kappa shape index (κ2) is 17.3. The lowest BCUT2D eigenvalue weighted by Gasteiger charge is -2.15. The quantitative estimate of drug-likeness (QED) is 0.0804. The van der Waals surface area contributed by atoms with Gasteiger partial charge in [-0.25, -0.2) is 4.98 Å². The average molecular weight is 764 g/mol. The molecule has 0 saturated carbocycles. The third kappa shape index (κ3) is 9.62. The first kappa shape index (κ1) is 37.3. The van der Waals surface area contributed by atoms with Crippen molar-refractivity contribution in [1.29, 1.82) is 0 Å². The van der Waals surface area contributed by atoms with Crippen molar-refractivity contribution in [3.63, 3.8) is 0 Å². The Bertz CT molecular complexity index is 2070. The van der Waals surface area contributed by atoms with Crippen LogP contribution in [-0.4, -0.2) is 49.3 Å². The Hall–Kier alpha value is -5.01. The van der Waals surface area contributed by atoms with Crippen molar-refractivity contribution in [2.45, 2.75) is 17.1 Å². The number of carbonyl (C=O) groups excluding carboxylic acids is 3. The summed E-state index contributed by atoms with van der Waals surface area (Å²) in [6, 6.07) is 24.0. The van der Waals surface area contributed by atoms with Crippen molar-refractivity contribution >= 4 is 80.9 Å². The van der Waals surface area contributed by atoms with Gasteiger partial charge in [-0.2, -0.15) is 0 Å². The van der Waals surface area contributed by atoms with E-state index >= 15 is 0 Å². The summed E-state index contributed by atoms with van der Waals surface area (Å²) in [5.74, 6) is -0.175. The van der Waals surface area contributed by atoms with E-state index in [9.17, 15) is 14.4 Å². The number of methoxy groups -OCH3 is 3. The lowest BCUT2D eigenvalue weighted by Crippen LogP contribution is -2.30. The lowest BCUT2D eigenvalue weighted by atomic mass is 10.1. The molecule has 0 aliphatic heterocycles. The minimum atomic E-state index is -0.582. The normalized spacial score (nSPS) is 11.7. The van der Waals surface area contributed by atoms with Gasteiger partial charge >= 0.3 is 0 Å². The summed E-state index contributed by atoms with van der Waals surface area (Å²) >= 11 is 14.9. The van der Waals surface area contributed by atoms with E-state index in [1.54, 1.807) is 91.2 Å². The van der Waals surface area contributed by atoms with Crippen molar-refractivity contribution in [1.82, 2.24) is 10.3 Å². The second-order valence-electron chi connectivity index (χ2n) is 10.7. The molecule has 4 aromatic carbocycles. The number of amides is 3. The van der Waals surface area contributed by atoms with Gasteiger partial charge in [0.25, 0.3) is 11.8 Å². The second-order valence-corrected chi connectivity index (χ2v) is 13.8.